The summed E-state index contributed by atoms with van der Waals surface area (Å²) in [5.74, 6) is 0. The van der Waals surface area contributed by atoms with E-state index in [2.05, 4.69) is 4.90 Å². The van der Waals surface area contributed by atoms with Gasteiger partial charge in [0.1, 0.15) is 0 Å². The van der Waals surface area contributed by atoms with Gasteiger partial charge in [-0.3, -0.25) is 0 Å². The van der Waals surface area contributed by atoms with Crippen LogP contribution < -0.4 is 0 Å². The average Bonchev–Trinajstić information content (AvgIpc) is 2.73. The van der Waals surface area contributed by atoms with Crippen molar-refractivity contribution in [3.8, 4) is 0 Å². The number of hydrogen-bond acceptors (Lipinski definition) is 3. The van der Waals surface area contributed by atoms with Crippen LogP contribution in [0.4, 0.5) is 0 Å². The number of likely N-dealkylation sites (tertiary alicyclic amines) is 1. The van der Waals surface area contributed by atoms with Crippen LogP contribution in [0.5, 0.6) is 0 Å². The summed E-state index contributed by atoms with van der Waals surface area (Å²) >= 11 is 0. The number of ether oxygens (including phenoxy) is 1. The van der Waals surface area contributed by atoms with Gasteiger partial charge in [-0.1, -0.05) is 0 Å². The van der Waals surface area contributed by atoms with Crippen molar-refractivity contribution in [2.24, 2.45) is 10.8 Å². The summed E-state index contributed by atoms with van der Waals surface area (Å²) in [5, 5.41) is 9.23. The van der Waals surface area contributed by atoms with E-state index in [4.69, 9.17) is 4.74 Å². The van der Waals surface area contributed by atoms with Gasteiger partial charge in [0, 0.05) is 43.7 Å². The van der Waals surface area contributed by atoms with Crippen LogP contribution in [0.2, 0.25) is 0 Å². The second-order valence-electron chi connectivity index (χ2n) is 5.61. The summed E-state index contributed by atoms with van der Waals surface area (Å²) in [6.07, 6.45) is 3.70. The number of aliphatic hydroxyl groups is 1. The normalized spacial score (nSPS) is 33.2. The minimum atomic E-state index is 0.293. The summed E-state index contributed by atoms with van der Waals surface area (Å²) in [6, 6.07) is 0. The Hall–Kier alpha value is -0.120. The van der Waals surface area contributed by atoms with E-state index in [1.165, 1.54) is 32.4 Å². The lowest BCUT2D eigenvalue weighted by Crippen LogP contribution is -2.58. The molecule has 0 aromatic rings. The Labute approximate surface area is 85.0 Å². The highest BCUT2D eigenvalue weighted by molar-refractivity contribution is 5.02. The lowest BCUT2D eigenvalue weighted by Gasteiger charge is -2.48. The first-order valence-electron chi connectivity index (χ1n) is 5.67. The van der Waals surface area contributed by atoms with Crippen LogP contribution in [0.1, 0.15) is 19.3 Å². The van der Waals surface area contributed by atoms with Crippen molar-refractivity contribution in [1.29, 1.82) is 0 Å². The van der Waals surface area contributed by atoms with Crippen LogP contribution in [0, 0.1) is 10.8 Å². The molecule has 1 spiro atoms. The third kappa shape index (κ3) is 1.38. The molecule has 0 radical (unpaired) electrons. The first kappa shape index (κ1) is 9.13. The molecule has 0 aromatic heterocycles. The van der Waals surface area contributed by atoms with E-state index < -0.39 is 0 Å². The van der Waals surface area contributed by atoms with Crippen molar-refractivity contribution in [2.45, 2.75) is 19.3 Å². The number of nitrogens with zero attached hydrogens (tertiary/aromatic N) is 1. The second kappa shape index (κ2) is 2.94. The molecule has 2 heterocycles. The third-order valence-corrected chi connectivity index (χ3v) is 4.15. The molecule has 80 valence electrons. The summed E-state index contributed by atoms with van der Waals surface area (Å²) in [7, 11) is 0. The van der Waals surface area contributed by atoms with E-state index in [0.29, 0.717) is 17.4 Å². The fourth-order valence-electron chi connectivity index (χ4n) is 2.93. The van der Waals surface area contributed by atoms with Gasteiger partial charge in [0.05, 0.1) is 6.61 Å². The van der Waals surface area contributed by atoms with Crippen molar-refractivity contribution in [3.05, 3.63) is 0 Å². The molecule has 1 N–H and O–H groups in total. The van der Waals surface area contributed by atoms with E-state index in [1.54, 1.807) is 0 Å². The van der Waals surface area contributed by atoms with Gasteiger partial charge in [0.2, 0.25) is 0 Å². The van der Waals surface area contributed by atoms with Crippen LogP contribution in [0.25, 0.3) is 0 Å². The molecule has 0 unspecified atom stereocenters. The predicted molar refractivity (Wildman–Crippen MR) is 53.1 cm³/mol. The molecule has 2 aliphatic heterocycles. The minimum absolute atomic E-state index is 0.293. The standard InChI is InChI=1S/C11H19NO2/c13-8-10(1-2-10)5-12-6-11(7-12)3-4-14-9-11/h13H,1-9H2. The summed E-state index contributed by atoms with van der Waals surface area (Å²) in [4.78, 5) is 2.50. The van der Waals surface area contributed by atoms with Crippen LogP contribution in [0.3, 0.4) is 0 Å². The lowest BCUT2D eigenvalue weighted by molar-refractivity contribution is -0.0248. The highest BCUT2D eigenvalue weighted by atomic mass is 16.5. The lowest BCUT2D eigenvalue weighted by atomic mass is 9.78. The van der Waals surface area contributed by atoms with Crippen molar-refractivity contribution in [3.63, 3.8) is 0 Å². The van der Waals surface area contributed by atoms with Gasteiger partial charge in [-0.15, -0.1) is 0 Å². The molecule has 1 aliphatic carbocycles. The molecule has 0 bridgehead atoms. The second-order valence-corrected chi connectivity index (χ2v) is 5.61. The van der Waals surface area contributed by atoms with Crippen molar-refractivity contribution < 1.29 is 9.84 Å². The van der Waals surface area contributed by atoms with Gasteiger partial charge in [0.15, 0.2) is 0 Å². The maximum atomic E-state index is 9.23. The maximum Gasteiger partial charge on any atom is 0.0547 e. The zero-order valence-corrected chi connectivity index (χ0v) is 8.67. The Morgan fingerprint density at radius 2 is 2.00 bits per heavy atom. The number of hydrogen-bond donors (Lipinski definition) is 1. The number of rotatable bonds is 3. The van der Waals surface area contributed by atoms with Crippen LogP contribution in [0.15, 0.2) is 0 Å². The molecule has 0 atom stereocenters. The monoisotopic (exact) mass is 197 g/mol. The van der Waals surface area contributed by atoms with E-state index in [-0.39, 0.29) is 0 Å². The van der Waals surface area contributed by atoms with Crippen LogP contribution in [-0.2, 0) is 4.74 Å². The predicted octanol–water partition coefficient (Wildman–Crippen LogP) is 0.481. The molecule has 0 aromatic carbocycles. The fraction of sp³-hybridized carbons (Fsp3) is 1.00. The Bertz CT molecular complexity index is 223. The molecule has 3 fully saturated rings. The van der Waals surface area contributed by atoms with E-state index in [0.717, 1.165) is 19.8 Å². The van der Waals surface area contributed by atoms with Gasteiger partial charge >= 0.3 is 0 Å². The molecule has 2 saturated heterocycles. The van der Waals surface area contributed by atoms with Gasteiger partial charge in [-0.25, -0.2) is 0 Å². The van der Waals surface area contributed by atoms with Crippen molar-refractivity contribution in [1.82, 2.24) is 4.90 Å². The van der Waals surface area contributed by atoms with Crippen LogP contribution >= 0.6 is 0 Å². The number of aliphatic hydroxyl groups excluding tert-OH is 1. The molecule has 3 nitrogen and oxygen atoms in total. The summed E-state index contributed by atoms with van der Waals surface area (Å²) in [6.45, 7) is 5.83. The molecule has 3 heteroatoms. The maximum absolute atomic E-state index is 9.23. The Morgan fingerprint density at radius 3 is 2.50 bits per heavy atom. The molecule has 14 heavy (non-hydrogen) atoms. The Morgan fingerprint density at radius 1 is 1.21 bits per heavy atom. The first-order valence-corrected chi connectivity index (χ1v) is 5.67. The van der Waals surface area contributed by atoms with E-state index in [1.807, 2.05) is 0 Å². The molecule has 1 saturated carbocycles. The molecular formula is C11H19NO2. The molecule has 0 amide bonds. The molecule has 3 aliphatic rings. The van der Waals surface area contributed by atoms with E-state index in [9.17, 15) is 5.11 Å². The van der Waals surface area contributed by atoms with Gasteiger partial charge in [-0.2, -0.15) is 0 Å². The zero-order chi connectivity index (χ0) is 9.65. The van der Waals surface area contributed by atoms with Crippen molar-refractivity contribution >= 4 is 0 Å². The Kier molecular flexibility index (Phi) is 1.92. The van der Waals surface area contributed by atoms with Crippen LogP contribution in [-0.4, -0.2) is 49.5 Å². The first-order chi connectivity index (χ1) is 6.76. The highest BCUT2D eigenvalue weighted by Crippen LogP contribution is 2.48. The summed E-state index contributed by atoms with van der Waals surface area (Å²) < 4.78 is 5.45. The highest BCUT2D eigenvalue weighted by Gasteiger charge is 2.50. The molecule has 3 rings (SSSR count). The average molecular weight is 197 g/mol. The smallest absolute Gasteiger partial charge is 0.0547 e. The summed E-state index contributed by atoms with van der Waals surface area (Å²) in [5.41, 5.74) is 0.798. The van der Waals surface area contributed by atoms with Gasteiger partial charge in [-0.05, 0) is 19.3 Å². The van der Waals surface area contributed by atoms with Gasteiger partial charge in [0.25, 0.3) is 0 Å². The molecular weight excluding hydrogens is 178 g/mol. The minimum Gasteiger partial charge on any atom is -0.396 e. The zero-order valence-electron chi connectivity index (χ0n) is 8.67. The Balaban J connectivity index is 1.50. The topological polar surface area (TPSA) is 32.7 Å². The quantitative estimate of drug-likeness (QED) is 0.714. The van der Waals surface area contributed by atoms with E-state index >= 15 is 0 Å². The fourth-order valence-corrected chi connectivity index (χ4v) is 2.93. The van der Waals surface area contributed by atoms with Crippen molar-refractivity contribution in [2.75, 3.05) is 39.5 Å². The SMILES string of the molecule is OCC1(CN2CC3(CCOC3)C2)CC1. The largest absolute Gasteiger partial charge is 0.396 e. The van der Waals surface area contributed by atoms with Gasteiger partial charge < -0.3 is 14.7 Å². The third-order valence-electron chi connectivity index (χ3n) is 4.15.